The zero-order valence-corrected chi connectivity index (χ0v) is 13.6. The molecule has 0 atom stereocenters. The van der Waals surface area contributed by atoms with E-state index in [1.807, 2.05) is 12.1 Å². The summed E-state index contributed by atoms with van der Waals surface area (Å²) in [6.45, 7) is 9.39. The summed E-state index contributed by atoms with van der Waals surface area (Å²) >= 11 is 3.47. The second-order valence-electron chi connectivity index (χ2n) is 5.57. The minimum Gasteiger partial charge on any atom is -0.493 e. The van der Waals surface area contributed by atoms with Gasteiger partial charge in [-0.1, -0.05) is 15.9 Å². The Morgan fingerprint density at radius 2 is 1.95 bits per heavy atom. The van der Waals surface area contributed by atoms with Gasteiger partial charge in [-0.2, -0.15) is 0 Å². The number of piperazine rings is 1. The molecule has 1 aliphatic heterocycles. The van der Waals surface area contributed by atoms with Gasteiger partial charge in [-0.3, -0.25) is 0 Å². The van der Waals surface area contributed by atoms with Gasteiger partial charge in [-0.15, -0.1) is 0 Å². The minimum absolute atomic E-state index is 0.828. The highest BCUT2D eigenvalue weighted by molar-refractivity contribution is 9.10. The molecule has 1 heterocycles. The summed E-state index contributed by atoms with van der Waals surface area (Å²) < 4.78 is 6.98. The van der Waals surface area contributed by atoms with Gasteiger partial charge in [0.2, 0.25) is 0 Å². The summed E-state index contributed by atoms with van der Waals surface area (Å²) in [7, 11) is 2.29. The zero-order chi connectivity index (χ0) is 13.7. The van der Waals surface area contributed by atoms with E-state index in [4.69, 9.17) is 4.74 Å². The van der Waals surface area contributed by atoms with Gasteiger partial charge in [0.05, 0.1) is 20.2 Å². The quantitative estimate of drug-likeness (QED) is 0.725. The van der Waals surface area contributed by atoms with E-state index in [0.717, 1.165) is 23.2 Å². The Kier molecular flexibility index (Phi) is 5.67. The predicted molar refractivity (Wildman–Crippen MR) is 81.2 cm³/mol. The van der Waals surface area contributed by atoms with Gasteiger partial charge in [0.15, 0.2) is 0 Å². The molecule has 0 amide bonds. The van der Waals surface area contributed by atoms with E-state index in [-0.39, 0.29) is 0 Å². The molecule has 0 spiro atoms. The fraction of sp³-hybridized carbons (Fsp3) is 0.600. The standard InChI is InChI=1S/C15H23BrN2O/c1-13-12-14(16)4-5-15(13)19-11-3-6-18-9-7-17(2)8-10-18/h4-5,12H,3,6-11H2,1-2H3/p+2. The molecule has 3 nitrogen and oxygen atoms in total. The Balaban J connectivity index is 1.66. The fourth-order valence-corrected chi connectivity index (χ4v) is 3.03. The van der Waals surface area contributed by atoms with E-state index in [0.29, 0.717) is 0 Å². The van der Waals surface area contributed by atoms with Crippen LogP contribution in [0.3, 0.4) is 0 Å². The summed E-state index contributed by atoms with van der Waals surface area (Å²) in [5.74, 6) is 1.01. The van der Waals surface area contributed by atoms with Crippen LogP contribution in [0.25, 0.3) is 0 Å². The number of ether oxygens (including phenoxy) is 1. The monoisotopic (exact) mass is 328 g/mol. The van der Waals surface area contributed by atoms with Crippen molar-refractivity contribution in [2.75, 3.05) is 46.4 Å². The highest BCUT2D eigenvalue weighted by Crippen LogP contribution is 2.22. The normalized spacial score (nSPS) is 23.3. The average Bonchev–Trinajstić information content (AvgIpc) is 2.39. The number of likely N-dealkylation sites (N-methyl/N-ethyl adjacent to an activating group) is 1. The third-order valence-electron chi connectivity index (χ3n) is 3.88. The molecule has 106 valence electrons. The Bertz CT molecular complexity index is 403. The number of rotatable bonds is 5. The maximum atomic E-state index is 5.86. The average molecular weight is 329 g/mol. The first kappa shape index (κ1) is 14.8. The summed E-state index contributed by atoms with van der Waals surface area (Å²) in [6.07, 6.45) is 1.14. The van der Waals surface area contributed by atoms with Crippen molar-refractivity contribution in [2.45, 2.75) is 13.3 Å². The van der Waals surface area contributed by atoms with Crippen LogP contribution in [0, 0.1) is 6.92 Å². The second-order valence-corrected chi connectivity index (χ2v) is 6.48. The maximum absolute atomic E-state index is 5.86. The van der Waals surface area contributed by atoms with Crippen LogP contribution in [0.2, 0.25) is 0 Å². The van der Waals surface area contributed by atoms with Gasteiger partial charge in [-0.25, -0.2) is 0 Å². The molecule has 1 aromatic carbocycles. The molecule has 4 heteroatoms. The van der Waals surface area contributed by atoms with Crippen LogP contribution in [0.5, 0.6) is 5.75 Å². The van der Waals surface area contributed by atoms with E-state index in [1.165, 1.54) is 38.3 Å². The molecule has 0 radical (unpaired) electrons. The third kappa shape index (κ3) is 4.79. The highest BCUT2D eigenvalue weighted by atomic mass is 79.9. The summed E-state index contributed by atoms with van der Waals surface area (Å²) in [6, 6.07) is 6.19. The number of benzene rings is 1. The molecule has 0 saturated carbocycles. The number of quaternary nitrogens is 2. The van der Waals surface area contributed by atoms with Crippen LogP contribution in [0.15, 0.2) is 22.7 Å². The zero-order valence-electron chi connectivity index (χ0n) is 12.0. The minimum atomic E-state index is 0.828. The van der Waals surface area contributed by atoms with Crippen LogP contribution in [0.4, 0.5) is 0 Å². The summed E-state index contributed by atoms with van der Waals surface area (Å²) in [4.78, 5) is 3.41. The van der Waals surface area contributed by atoms with E-state index in [9.17, 15) is 0 Å². The number of aryl methyl sites for hydroxylation is 1. The third-order valence-corrected chi connectivity index (χ3v) is 4.37. The van der Waals surface area contributed by atoms with Crippen molar-refractivity contribution in [3.8, 4) is 5.75 Å². The Hall–Kier alpha value is -0.580. The summed E-state index contributed by atoms with van der Waals surface area (Å²) in [5.41, 5.74) is 1.20. The van der Waals surface area contributed by atoms with Crippen molar-refractivity contribution in [1.82, 2.24) is 0 Å². The topological polar surface area (TPSA) is 18.1 Å². The lowest BCUT2D eigenvalue weighted by Gasteiger charge is -2.27. The molecule has 0 unspecified atom stereocenters. The van der Waals surface area contributed by atoms with Crippen molar-refractivity contribution in [1.29, 1.82) is 0 Å². The molecule has 2 rings (SSSR count). The first-order valence-corrected chi connectivity index (χ1v) is 7.98. The Labute approximate surface area is 124 Å². The SMILES string of the molecule is Cc1cc(Br)ccc1OCCC[NH+]1CC[NH+](C)CC1. The summed E-state index contributed by atoms with van der Waals surface area (Å²) in [5, 5.41) is 0. The molecule has 1 aromatic rings. The van der Waals surface area contributed by atoms with Gasteiger partial charge in [0.1, 0.15) is 31.9 Å². The molecule has 0 aliphatic carbocycles. The first-order valence-electron chi connectivity index (χ1n) is 7.19. The van der Waals surface area contributed by atoms with Crippen LogP contribution in [-0.4, -0.2) is 46.4 Å². The van der Waals surface area contributed by atoms with Crippen molar-refractivity contribution < 1.29 is 14.5 Å². The fourth-order valence-electron chi connectivity index (χ4n) is 2.56. The highest BCUT2D eigenvalue weighted by Gasteiger charge is 2.18. The number of hydrogen-bond acceptors (Lipinski definition) is 1. The Morgan fingerprint density at radius 3 is 2.63 bits per heavy atom. The van der Waals surface area contributed by atoms with Crippen LogP contribution >= 0.6 is 15.9 Å². The lowest BCUT2D eigenvalue weighted by Crippen LogP contribution is -3.27. The van der Waals surface area contributed by atoms with Crippen molar-refractivity contribution in [2.24, 2.45) is 0 Å². The molecule has 2 N–H and O–H groups in total. The van der Waals surface area contributed by atoms with Crippen molar-refractivity contribution >= 4 is 15.9 Å². The van der Waals surface area contributed by atoms with Crippen molar-refractivity contribution in [3.05, 3.63) is 28.2 Å². The largest absolute Gasteiger partial charge is 0.493 e. The van der Waals surface area contributed by atoms with Gasteiger partial charge < -0.3 is 14.5 Å². The van der Waals surface area contributed by atoms with E-state index in [1.54, 1.807) is 9.80 Å². The maximum Gasteiger partial charge on any atom is 0.127 e. The van der Waals surface area contributed by atoms with Gasteiger partial charge in [0, 0.05) is 10.9 Å². The van der Waals surface area contributed by atoms with Gasteiger partial charge in [-0.05, 0) is 30.7 Å². The van der Waals surface area contributed by atoms with E-state index in [2.05, 4.69) is 36.0 Å². The molecular formula is C15H25BrN2O+2. The van der Waals surface area contributed by atoms with Crippen LogP contribution < -0.4 is 14.5 Å². The molecule has 0 bridgehead atoms. The van der Waals surface area contributed by atoms with E-state index < -0.39 is 0 Å². The van der Waals surface area contributed by atoms with Gasteiger partial charge in [0.25, 0.3) is 0 Å². The lowest BCUT2D eigenvalue weighted by atomic mass is 10.2. The molecule has 1 aliphatic rings. The molecule has 1 saturated heterocycles. The smallest absolute Gasteiger partial charge is 0.127 e. The van der Waals surface area contributed by atoms with Crippen LogP contribution in [0.1, 0.15) is 12.0 Å². The molecule has 1 fully saturated rings. The molecular weight excluding hydrogens is 304 g/mol. The Morgan fingerprint density at radius 1 is 1.21 bits per heavy atom. The number of hydrogen-bond donors (Lipinski definition) is 2. The molecule has 0 aromatic heterocycles. The number of halogens is 1. The van der Waals surface area contributed by atoms with Crippen LogP contribution in [-0.2, 0) is 0 Å². The number of nitrogens with one attached hydrogen (secondary N) is 2. The van der Waals surface area contributed by atoms with Gasteiger partial charge >= 0.3 is 0 Å². The lowest BCUT2D eigenvalue weighted by molar-refractivity contribution is -1.00. The predicted octanol–water partition coefficient (Wildman–Crippen LogP) is -0.0604. The first-order chi connectivity index (χ1) is 9.15. The van der Waals surface area contributed by atoms with Crippen molar-refractivity contribution in [3.63, 3.8) is 0 Å². The second kappa shape index (κ2) is 7.27. The molecule has 19 heavy (non-hydrogen) atoms. The van der Waals surface area contributed by atoms with E-state index >= 15 is 0 Å².